The molecule has 0 aliphatic carbocycles. The van der Waals surface area contributed by atoms with Gasteiger partial charge in [-0.2, -0.15) is 0 Å². The summed E-state index contributed by atoms with van der Waals surface area (Å²) < 4.78 is 1.47. The molecule has 3 nitrogen and oxygen atoms in total. The second-order valence-corrected chi connectivity index (χ2v) is 22.1. The zero-order chi connectivity index (χ0) is 18.0. The molecule has 0 unspecified atom stereocenters. The molecule has 0 atom stereocenters. The number of unbranched alkanes of at least 4 members (excludes halogenated alkanes) is 1. The Kier molecular flexibility index (Phi) is 9.97. The summed E-state index contributed by atoms with van der Waals surface area (Å²) in [6.45, 7) is 8.75. The summed E-state index contributed by atoms with van der Waals surface area (Å²) in [5.74, 6) is 0.0598. The Hall–Kier alpha value is -0.551. The first kappa shape index (κ1) is 21.5. The second kappa shape index (κ2) is 11.1. The zero-order valence-electron chi connectivity index (χ0n) is 16.3. The summed E-state index contributed by atoms with van der Waals surface area (Å²) in [6.07, 6.45) is 4.63. The van der Waals surface area contributed by atoms with Crippen molar-refractivity contribution in [1.29, 1.82) is 0 Å². The summed E-state index contributed by atoms with van der Waals surface area (Å²) in [6, 6.07) is 8.27. The van der Waals surface area contributed by atoms with Crippen LogP contribution in [0, 0.1) is 0 Å². The van der Waals surface area contributed by atoms with Crippen LogP contribution in [0.2, 0.25) is 14.8 Å². The van der Waals surface area contributed by atoms with Crippen LogP contribution in [0.1, 0.15) is 49.9 Å². The van der Waals surface area contributed by atoms with Crippen molar-refractivity contribution in [3.63, 3.8) is 0 Å². The predicted molar refractivity (Wildman–Crippen MR) is 108 cm³/mol. The standard InChI is InChI=1S/C17H27N2O.3CH3.Sn/c1-3-13-19(14-4-2)15-9-8-12-18-17(20)16-10-6-5-7-11-16;;;;/h6-7,10-11H,3-4,8-9,12-15H2,1-2H3,(H,18,20);3*1H3;. The summed E-state index contributed by atoms with van der Waals surface area (Å²) in [4.78, 5) is 21.9. The average molecular weight is 439 g/mol. The fourth-order valence-electron chi connectivity index (χ4n) is 2.85. The minimum atomic E-state index is -2.01. The molecule has 0 heterocycles. The first-order valence-electron chi connectivity index (χ1n) is 9.49. The molecule has 1 amide bonds. The van der Waals surface area contributed by atoms with Gasteiger partial charge in [0.1, 0.15) is 0 Å². The van der Waals surface area contributed by atoms with E-state index in [4.69, 9.17) is 0 Å². The predicted octanol–water partition coefficient (Wildman–Crippen LogP) is 3.86. The van der Waals surface area contributed by atoms with Crippen molar-refractivity contribution in [2.24, 2.45) is 0 Å². The topological polar surface area (TPSA) is 32.3 Å². The summed E-state index contributed by atoms with van der Waals surface area (Å²) in [7, 11) is 0. The molecule has 24 heavy (non-hydrogen) atoms. The van der Waals surface area contributed by atoms with E-state index in [0.717, 1.165) is 31.5 Å². The van der Waals surface area contributed by atoms with Crippen molar-refractivity contribution in [1.82, 2.24) is 10.2 Å². The Labute approximate surface area is 153 Å². The number of nitrogens with zero attached hydrogens (tertiary/aromatic N) is 1. The molecular weight excluding hydrogens is 403 g/mol. The van der Waals surface area contributed by atoms with Crippen LogP contribution in [-0.2, 0) is 0 Å². The first-order valence-corrected chi connectivity index (χ1v) is 19.5. The van der Waals surface area contributed by atoms with Crippen molar-refractivity contribution in [2.45, 2.75) is 54.3 Å². The Bertz CT molecular complexity index is 473. The van der Waals surface area contributed by atoms with Crippen LogP contribution >= 0.6 is 0 Å². The van der Waals surface area contributed by atoms with Crippen LogP contribution in [0.4, 0.5) is 0 Å². The second-order valence-electron chi connectivity index (χ2n) is 7.63. The van der Waals surface area contributed by atoms with Crippen molar-refractivity contribution in [2.75, 3.05) is 26.2 Å². The van der Waals surface area contributed by atoms with E-state index < -0.39 is 18.4 Å². The fourth-order valence-corrected chi connectivity index (χ4v) is 6.18. The van der Waals surface area contributed by atoms with E-state index in [9.17, 15) is 4.79 Å². The molecule has 0 aromatic heterocycles. The molecule has 1 N–H and O–H groups in total. The Morgan fingerprint density at radius 2 is 1.54 bits per heavy atom. The van der Waals surface area contributed by atoms with Gasteiger partial charge in [-0.25, -0.2) is 0 Å². The average Bonchev–Trinajstić information content (AvgIpc) is 2.54. The van der Waals surface area contributed by atoms with Gasteiger partial charge < -0.3 is 0 Å². The zero-order valence-corrected chi connectivity index (χ0v) is 19.2. The van der Waals surface area contributed by atoms with Crippen LogP contribution < -0.4 is 8.90 Å². The number of carbonyl (C=O) groups excluding carboxylic acids is 1. The summed E-state index contributed by atoms with van der Waals surface area (Å²) >= 11 is -2.01. The molecule has 0 aliphatic heterocycles. The normalized spacial score (nSPS) is 11.8. The molecule has 136 valence electrons. The van der Waals surface area contributed by atoms with Crippen LogP contribution in [0.25, 0.3) is 0 Å². The number of hydrogen-bond donors (Lipinski definition) is 1. The van der Waals surface area contributed by atoms with Crippen LogP contribution in [0.5, 0.6) is 0 Å². The third-order valence-electron chi connectivity index (χ3n) is 4.28. The molecule has 1 aromatic rings. The number of amides is 1. The summed E-state index contributed by atoms with van der Waals surface area (Å²) in [5, 5.41) is 3.05. The molecular formula is C20H36N2OSn. The fraction of sp³-hybridized carbons (Fsp3) is 0.650. The maximum absolute atomic E-state index is 12.2. The minimum absolute atomic E-state index is 0.0598. The number of hydrogen-bond acceptors (Lipinski definition) is 2. The van der Waals surface area contributed by atoms with Gasteiger partial charge in [0.2, 0.25) is 0 Å². The van der Waals surface area contributed by atoms with Crippen LogP contribution in [-0.4, -0.2) is 55.4 Å². The molecule has 0 radical (unpaired) electrons. The number of benzene rings is 1. The molecule has 4 heteroatoms. The molecule has 0 aliphatic rings. The van der Waals surface area contributed by atoms with Crippen molar-refractivity contribution in [3.8, 4) is 0 Å². The number of rotatable bonds is 11. The number of carbonyl (C=O) groups is 1. The quantitative estimate of drug-likeness (QED) is 0.420. The Morgan fingerprint density at radius 3 is 2.04 bits per heavy atom. The van der Waals surface area contributed by atoms with E-state index in [1.165, 1.54) is 29.5 Å². The summed E-state index contributed by atoms with van der Waals surface area (Å²) in [5.41, 5.74) is 0.785. The van der Waals surface area contributed by atoms with Gasteiger partial charge in [0.25, 0.3) is 0 Å². The van der Waals surface area contributed by atoms with E-state index in [2.05, 4.69) is 51.0 Å². The van der Waals surface area contributed by atoms with E-state index in [1.54, 1.807) is 0 Å². The van der Waals surface area contributed by atoms with Crippen LogP contribution in [0.3, 0.4) is 0 Å². The van der Waals surface area contributed by atoms with Crippen molar-refractivity contribution >= 4 is 27.9 Å². The van der Waals surface area contributed by atoms with Gasteiger partial charge in [-0.3, -0.25) is 0 Å². The Balaban J connectivity index is 2.31. The van der Waals surface area contributed by atoms with E-state index in [1.807, 2.05) is 12.1 Å². The molecule has 0 fully saturated rings. The van der Waals surface area contributed by atoms with E-state index in [0.29, 0.717) is 0 Å². The molecule has 0 spiro atoms. The third kappa shape index (κ3) is 8.02. The Morgan fingerprint density at radius 1 is 0.958 bits per heavy atom. The van der Waals surface area contributed by atoms with Gasteiger partial charge in [0, 0.05) is 0 Å². The van der Waals surface area contributed by atoms with Gasteiger partial charge in [-0.1, -0.05) is 13.8 Å². The SMILES string of the molecule is CCCN(CCC)CCCCNC(=O)c1cc[c]([Sn]([CH3])([CH3])[CH3])cc1. The van der Waals surface area contributed by atoms with Crippen molar-refractivity contribution in [3.05, 3.63) is 29.8 Å². The van der Waals surface area contributed by atoms with Gasteiger partial charge in [0.15, 0.2) is 0 Å². The molecule has 0 bridgehead atoms. The van der Waals surface area contributed by atoms with Gasteiger partial charge in [-0.05, 0) is 12.8 Å². The molecule has 1 aromatic carbocycles. The van der Waals surface area contributed by atoms with Gasteiger partial charge in [-0.15, -0.1) is 0 Å². The van der Waals surface area contributed by atoms with Gasteiger partial charge >= 0.3 is 127 Å². The number of nitrogens with one attached hydrogen (secondary N) is 1. The molecule has 0 saturated carbocycles. The maximum atomic E-state index is 12.2. The third-order valence-corrected chi connectivity index (χ3v) is 10.2. The monoisotopic (exact) mass is 440 g/mol. The molecule has 1 rings (SSSR count). The van der Waals surface area contributed by atoms with Gasteiger partial charge in [0.05, 0.1) is 0 Å². The van der Waals surface area contributed by atoms with Crippen LogP contribution in [0.15, 0.2) is 24.3 Å². The first-order chi connectivity index (χ1) is 11.4. The van der Waals surface area contributed by atoms with E-state index in [-0.39, 0.29) is 5.91 Å². The molecule has 0 saturated heterocycles. The van der Waals surface area contributed by atoms with Crippen molar-refractivity contribution < 1.29 is 4.79 Å². The van der Waals surface area contributed by atoms with E-state index >= 15 is 0 Å².